The molecule has 0 aromatic heterocycles. The van der Waals surface area contributed by atoms with Gasteiger partial charge in [-0.15, -0.1) is 13.2 Å². The van der Waals surface area contributed by atoms with E-state index in [0.717, 1.165) is 31.1 Å². The van der Waals surface area contributed by atoms with E-state index < -0.39 is 0 Å². The van der Waals surface area contributed by atoms with Crippen molar-refractivity contribution in [2.24, 2.45) is 0 Å². The van der Waals surface area contributed by atoms with Crippen molar-refractivity contribution < 1.29 is 14.2 Å². The van der Waals surface area contributed by atoms with Gasteiger partial charge in [-0.3, -0.25) is 4.90 Å². The maximum atomic E-state index is 5.70. The first-order chi connectivity index (χ1) is 10.8. The molecule has 0 aliphatic rings. The molecule has 0 saturated carbocycles. The Morgan fingerprint density at radius 1 is 0.955 bits per heavy atom. The zero-order chi connectivity index (χ0) is 16.0. The predicted molar refractivity (Wildman–Crippen MR) is 90.8 cm³/mol. The minimum atomic E-state index is 0.507. The zero-order valence-corrected chi connectivity index (χ0v) is 13.5. The maximum absolute atomic E-state index is 5.70. The fourth-order valence-electron chi connectivity index (χ4n) is 1.97. The van der Waals surface area contributed by atoms with Gasteiger partial charge in [0, 0.05) is 19.6 Å². The molecule has 0 radical (unpaired) electrons. The minimum Gasteiger partial charge on any atom is -0.490 e. The summed E-state index contributed by atoms with van der Waals surface area (Å²) >= 11 is 0. The second-order valence-corrected chi connectivity index (χ2v) is 4.68. The summed E-state index contributed by atoms with van der Waals surface area (Å²) in [5, 5.41) is 0. The molecule has 1 rings (SSSR count). The summed E-state index contributed by atoms with van der Waals surface area (Å²) in [4.78, 5) is 2.21. The average Bonchev–Trinajstić information content (AvgIpc) is 2.53. The molecule has 0 unspecified atom stereocenters. The molecule has 0 amide bonds. The Morgan fingerprint density at radius 2 is 1.59 bits per heavy atom. The molecule has 0 saturated heterocycles. The Balaban J connectivity index is 2.20. The number of hydrogen-bond acceptors (Lipinski definition) is 4. The normalized spacial score (nSPS) is 10.5. The molecule has 4 nitrogen and oxygen atoms in total. The van der Waals surface area contributed by atoms with E-state index in [4.69, 9.17) is 14.2 Å². The molecule has 122 valence electrons. The Bertz CT molecular complexity index is 424. The summed E-state index contributed by atoms with van der Waals surface area (Å²) in [5.41, 5.74) is 0. The lowest BCUT2D eigenvalue weighted by atomic mass is 10.3. The van der Waals surface area contributed by atoms with Crippen molar-refractivity contribution in [3.63, 3.8) is 0 Å². The first-order valence-electron chi connectivity index (χ1n) is 7.68. The third-order valence-electron chi connectivity index (χ3n) is 2.96. The lowest BCUT2D eigenvalue weighted by Crippen LogP contribution is -2.28. The summed E-state index contributed by atoms with van der Waals surface area (Å²) in [6.07, 6.45) is 3.77. The third-order valence-corrected chi connectivity index (χ3v) is 2.96. The summed E-state index contributed by atoms with van der Waals surface area (Å²) in [6, 6.07) is 7.67. The number of ether oxygens (including phenoxy) is 3. The van der Waals surface area contributed by atoms with E-state index in [2.05, 4.69) is 18.1 Å². The van der Waals surface area contributed by atoms with Crippen LogP contribution >= 0.6 is 0 Å². The van der Waals surface area contributed by atoms with Gasteiger partial charge in [0.25, 0.3) is 0 Å². The lowest BCUT2D eigenvalue weighted by Gasteiger charge is -2.18. The van der Waals surface area contributed by atoms with Gasteiger partial charge >= 0.3 is 0 Å². The molecular weight excluding hydrogens is 278 g/mol. The largest absolute Gasteiger partial charge is 0.490 e. The second-order valence-electron chi connectivity index (χ2n) is 4.68. The van der Waals surface area contributed by atoms with Crippen molar-refractivity contribution in [3.05, 3.63) is 49.6 Å². The first kappa shape index (κ1) is 18.3. The van der Waals surface area contributed by atoms with E-state index in [1.54, 1.807) is 0 Å². The summed E-state index contributed by atoms with van der Waals surface area (Å²) in [5.74, 6) is 1.53. The van der Waals surface area contributed by atoms with Crippen molar-refractivity contribution in [2.75, 3.05) is 46.1 Å². The van der Waals surface area contributed by atoms with Gasteiger partial charge < -0.3 is 14.2 Å². The average molecular weight is 305 g/mol. The Kier molecular flexibility index (Phi) is 9.83. The molecule has 1 aromatic carbocycles. The van der Waals surface area contributed by atoms with Crippen molar-refractivity contribution in [1.29, 1.82) is 0 Å². The zero-order valence-electron chi connectivity index (χ0n) is 13.5. The van der Waals surface area contributed by atoms with E-state index in [9.17, 15) is 0 Å². The highest BCUT2D eigenvalue weighted by molar-refractivity contribution is 5.39. The van der Waals surface area contributed by atoms with Gasteiger partial charge in [-0.1, -0.05) is 24.3 Å². The molecule has 0 fully saturated rings. The lowest BCUT2D eigenvalue weighted by molar-refractivity contribution is 0.0833. The number of para-hydroxylation sites is 2. The second kappa shape index (κ2) is 11.8. The van der Waals surface area contributed by atoms with E-state index in [-0.39, 0.29) is 0 Å². The van der Waals surface area contributed by atoms with Crippen LogP contribution in [0.4, 0.5) is 0 Å². The first-order valence-corrected chi connectivity index (χ1v) is 7.68. The maximum Gasteiger partial charge on any atom is 0.161 e. The number of hydrogen-bond donors (Lipinski definition) is 0. The highest BCUT2D eigenvalue weighted by atomic mass is 16.5. The Morgan fingerprint density at radius 3 is 2.18 bits per heavy atom. The van der Waals surface area contributed by atoms with E-state index in [1.807, 2.05) is 43.3 Å². The van der Waals surface area contributed by atoms with Gasteiger partial charge in [-0.2, -0.15) is 0 Å². The fourth-order valence-corrected chi connectivity index (χ4v) is 1.97. The molecule has 1 aromatic rings. The molecule has 0 heterocycles. The molecule has 22 heavy (non-hydrogen) atoms. The van der Waals surface area contributed by atoms with Crippen molar-refractivity contribution in [1.82, 2.24) is 4.90 Å². The predicted octanol–water partition coefficient (Wildman–Crippen LogP) is 3.15. The fraction of sp³-hybridized carbons (Fsp3) is 0.444. The number of benzene rings is 1. The van der Waals surface area contributed by atoms with Crippen LogP contribution < -0.4 is 9.47 Å². The summed E-state index contributed by atoms with van der Waals surface area (Å²) in [7, 11) is 0. The minimum absolute atomic E-state index is 0.507. The topological polar surface area (TPSA) is 30.9 Å². The smallest absolute Gasteiger partial charge is 0.161 e. The van der Waals surface area contributed by atoms with Crippen LogP contribution in [0.3, 0.4) is 0 Å². The van der Waals surface area contributed by atoms with Crippen LogP contribution in [0.15, 0.2) is 49.6 Å². The van der Waals surface area contributed by atoms with Gasteiger partial charge in [-0.05, 0) is 19.1 Å². The van der Waals surface area contributed by atoms with E-state index >= 15 is 0 Å². The van der Waals surface area contributed by atoms with Crippen LogP contribution in [0.5, 0.6) is 11.5 Å². The summed E-state index contributed by atoms with van der Waals surface area (Å²) < 4.78 is 16.8. The van der Waals surface area contributed by atoms with Crippen molar-refractivity contribution >= 4 is 0 Å². The molecule has 0 N–H and O–H groups in total. The monoisotopic (exact) mass is 305 g/mol. The number of rotatable bonds is 13. The summed E-state index contributed by atoms with van der Waals surface area (Å²) in [6.45, 7) is 14.3. The quantitative estimate of drug-likeness (QED) is 0.414. The molecule has 0 bridgehead atoms. The molecule has 0 aliphatic heterocycles. The van der Waals surface area contributed by atoms with Gasteiger partial charge in [0.05, 0.1) is 19.8 Å². The SMILES string of the molecule is C=CCN(CC=C)CCOCCOc1ccccc1OCC. The molecule has 0 spiro atoms. The highest BCUT2D eigenvalue weighted by Gasteiger charge is 2.03. The molecular formula is C18H27NO3. The third kappa shape index (κ3) is 7.29. The van der Waals surface area contributed by atoms with Crippen molar-refractivity contribution in [2.45, 2.75) is 6.92 Å². The van der Waals surface area contributed by atoms with E-state index in [1.165, 1.54) is 0 Å². The standard InChI is InChI=1S/C18H27NO3/c1-4-11-19(12-5-2)13-14-20-15-16-22-18-10-8-7-9-17(18)21-6-3/h4-5,7-10H,1-2,6,11-16H2,3H3. The van der Waals surface area contributed by atoms with Crippen LogP contribution in [-0.4, -0.2) is 51.0 Å². The van der Waals surface area contributed by atoms with Gasteiger partial charge in [0.2, 0.25) is 0 Å². The van der Waals surface area contributed by atoms with Crippen molar-refractivity contribution in [3.8, 4) is 11.5 Å². The van der Waals surface area contributed by atoms with Crippen LogP contribution in [-0.2, 0) is 4.74 Å². The van der Waals surface area contributed by atoms with Gasteiger partial charge in [0.1, 0.15) is 6.61 Å². The van der Waals surface area contributed by atoms with Crippen LogP contribution in [0.2, 0.25) is 0 Å². The van der Waals surface area contributed by atoms with Gasteiger partial charge in [0.15, 0.2) is 11.5 Å². The molecule has 4 heteroatoms. The van der Waals surface area contributed by atoms with E-state index in [0.29, 0.717) is 26.4 Å². The van der Waals surface area contributed by atoms with Crippen LogP contribution in [0.1, 0.15) is 6.92 Å². The molecule has 0 atom stereocenters. The highest BCUT2D eigenvalue weighted by Crippen LogP contribution is 2.26. The number of nitrogens with zero attached hydrogens (tertiary/aromatic N) is 1. The van der Waals surface area contributed by atoms with Crippen LogP contribution in [0, 0.1) is 0 Å². The van der Waals surface area contributed by atoms with Crippen LogP contribution in [0.25, 0.3) is 0 Å². The van der Waals surface area contributed by atoms with Gasteiger partial charge in [-0.25, -0.2) is 0 Å². The Labute approximate surface area is 134 Å². The Hall–Kier alpha value is -1.78. The molecule has 0 aliphatic carbocycles.